The Balaban J connectivity index is 1.38. The van der Waals surface area contributed by atoms with Crippen molar-refractivity contribution in [2.24, 2.45) is 0 Å². The lowest BCUT2D eigenvalue weighted by atomic mass is 10.2. The second-order valence-corrected chi connectivity index (χ2v) is 7.12. The van der Waals surface area contributed by atoms with Gasteiger partial charge in [0.2, 0.25) is 5.91 Å². The first kappa shape index (κ1) is 22.0. The summed E-state index contributed by atoms with van der Waals surface area (Å²) >= 11 is 0. The quantitative estimate of drug-likeness (QED) is 0.372. The molecule has 0 aliphatic rings. The summed E-state index contributed by atoms with van der Waals surface area (Å²) in [5.41, 5.74) is 1.04. The summed E-state index contributed by atoms with van der Waals surface area (Å²) in [6.45, 7) is -0.0726. The van der Waals surface area contributed by atoms with Crippen molar-refractivity contribution in [3.8, 4) is 11.4 Å². The van der Waals surface area contributed by atoms with Crippen LogP contribution in [-0.2, 0) is 4.79 Å². The third-order valence-electron chi connectivity index (χ3n) is 4.76. The van der Waals surface area contributed by atoms with Gasteiger partial charge in [-0.05, 0) is 48.5 Å². The largest absolute Gasteiger partial charge is 0.351 e. The maximum atomic E-state index is 14.0. The number of carbonyl (C=O) groups is 2. The fourth-order valence-corrected chi connectivity index (χ4v) is 3.18. The lowest BCUT2D eigenvalue weighted by Crippen LogP contribution is -2.28. The average Bonchev–Trinajstić information content (AvgIpc) is 3.18. The van der Waals surface area contributed by atoms with E-state index in [1.807, 2.05) is 0 Å². The number of nitrogens with one attached hydrogen (secondary N) is 3. The molecule has 0 aliphatic carbocycles. The van der Waals surface area contributed by atoms with Gasteiger partial charge in [0.05, 0.1) is 22.2 Å². The zero-order chi connectivity index (χ0) is 23.5. The Morgan fingerprint density at radius 1 is 0.879 bits per heavy atom. The van der Waals surface area contributed by atoms with Gasteiger partial charge in [-0.25, -0.2) is 22.5 Å². The number of amides is 2. The molecule has 0 saturated carbocycles. The van der Waals surface area contributed by atoms with Crippen molar-refractivity contribution in [2.75, 3.05) is 11.9 Å². The maximum absolute atomic E-state index is 14.0. The second-order valence-electron chi connectivity index (χ2n) is 7.12. The Kier molecular flexibility index (Phi) is 6.07. The van der Waals surface area contributed by atoms with E-state index in [1.54, 1.807) is 18.2 Å². The Labute approximate surface area is 184 Å². The van der Waals surface area contributed by atoms with Gasteiger partial charge in [-0.15, -0.1) is 0 Å². The van der Waals surface area contributed by atoms with Crippen molar-refractivity contribution in [1.82, 2.24) is 15.3 Å². The van der Waals surface area contributed by atoms with Crippen molar-refractivity contribution in [2.45, 2.75) is 6.42 Å². The van der Waals surface area contributed by atoms with Gasteiger partial charge in [0, 0.05) is 24.7 Å². The number of benzene rings is 3. The number of aromatic nitrogens is 2. The van der Waals surface area contributed by atoms with E-state index in [0.29, 0.717) is 22.8 Å². The molecule has 0 bridgehead atoms. The number of fused-ring (bicyclic) bond motifs is 1. The van der Waals surface area contributed by atoms with Crippen LogP contribution in [-0.4, -0.2) is 28.3 Å². The second kappa shape index (κ2) is 9.11. The zero-order valence-corrected chi connectivity index (χ0v) is 16.9. The van der Waals surface area contributed by atoms with Crippen LogP contribution in [0.25, 0.3) is 22.4 Å². The van der Waals surface area contributed by atoms with Crippen LogP contribution in [0.5, 0.6) is 0 Å². The molecule has 6 nitrogen and oxygen atoms in total. The Morgan fingerprint density at radius 2 is 1.64 bits per heavy atom. The Hall–Kier alpha value is -4.21. The number of halogens is 4. The van der Waals surface area contributed by atoms with Crippen LogP contribution in [0, 0.1) is 23.3 Å². The highest BCUT2D eigenvalue weighted by Gasteiger charge is 2.14. The molecule has 0 unspecified atom stereocenters. The number of rotatable bonds is 6. The number of imidazole rings is 1. The topological polar surface area (TPSA) is 86.9 Å². The van der Waals surface area contributed by atoms with Crippen LogP contribution >= 0.6 is 0 Å². The number of hydrogen-bond donors (Lipinski definition) is 3. The molecule has 0 radical (unpaired) electrons. The van der Waals surface area contributed by atoms with E-state index in [-0.39, 0.29) is 29.9 Å². The third kappa shape index (κ3) is 5.00. The number of carbonyl (C=O) groups excluding carboxylic acids is 2. The van der Waals surface area contributed by atoms with Gasteiger partial charge >= 0.3 is 0 Å². The standard InChI is InChI=1S/C23H16F4N4O2/c24-12-2-5-17(26)16(9-12)22-30-19-6-3-14(11-20(19)31-22)29-21(32)7-8-28-23(33)15-4-1-13(25)10-18(15)27/h1-6,9-11H,7-8H2,(H,28,33)(H,29,32)(H,30,31). The van der Waals surface area contributed by atoms with Gasteiger partial charge in [-0.2, -0.15) is 0 Å². The first-order valence-electron chi connectivity index (χ1n) is 9.78. The van der Waals surface area contributed by atoms with Crippen molar-refractivity contribution in [3.63, 3.8) is 0 Å². The first-order valence-corrected chi connectivity index (χ1v) is 9.78. The van der Waals surface area contributed by atoms with E-state index >= 15 is 0 Å². The van der Waals surface area contributed by atoms with E-state index in [2.05, 4.69) is 20.6 Å². The van der Waals surface area contributed by atoms with Gasteiger partial charge in [0.25, 0.3) is 5.91 Å². The molecule has 168 valence electrons. The molecule has 0 atom stereocenters. The van der Waals surface area contributed by atoms with Gasteiger partial charge in [-0.3, -0.25) is 9.59 Å². The normalized spacial score (nSPS) is 10.9. The molecule has 0 aliphatic heterocycles. The van der Waals surface area contributed by atoms with Crippen LogP contribution in [0.15, 0.2) is 54.6 Å². The third-order valence-corrected chi connectivity index (χ3v) is 4.76. The van der Waals surface area contributed by atoms with Gasteiger partial charge in [0.1, 0.15) is 29.1 Å². The number of hydrogen-bond acceptors (Lipinski definition) is 3. The Bertz CT molecular complexity index is 1370. The minimum Gasteiger partial charge on any atom is -0.351 e. The van der Waals surface area contributed by atoms with E-state index in [0.717, 1.165) is 30.3 Å². The molecule has 1 aromatic heterocycles. The van der Waals surface area contributed by atoms with Crippen molar-refractivity contribution >= 4 is 28.5 Å². The predicted octanol–water partition coefficient (Wildman–Crippen LogP) is 4.54. The molecule has 3 aromatic carbocycles. The molecule has 4 rings (SSSR count). The number of H-pyrrole nitrogens is 1. The molecular formula is C23H16F4N4O2. The highest BCUT2D eigenvalue weighted by atomic mass is 19.1. The minimum absolute atomic E-state index is 0.0230. The monoisotopic (exact) mass is 456 g/mol. The molecule has 4 aromatic rings. The zero-order valence-electron chi connectivity index (χ0n) is 16.9. The summed E-state index contributed by atoms with van der Waals surface area (Å²) < 4.78 is 54.0. The van der Waals surface area contributed by atoms with Crippen molar-refractivity contribution in [3.05, 3.63) is 83.4 Å². The van der Waals surface area contributed by atoms with E-state index in [9.17, 15) is 27.2 Å². The molecule has 0 fully saturated rings. The van der Waals surface area contributed by atoms with E-state index < -0.39 is 35.1 Å². The SMILES string of the molecule is O=C(CCNC(=O)c1ccc(F)cc1F)Nc1ccc2nc(-c3cc(F)ccc3F)[nH]c2c1. The van der Waals surface area contributed by atoms with E-state index in [1.165, 1.54) is 0 Å². The lowest BCUT2D eigenvalue weighted by Gasteiger charge is -2.07. The number of nitrogens with zero attached hydrogens (tertiary/aromatic N) is 1. The fraction of sp³-hybridized carbons (Fsp3) is 0.0870. The van der Waals surface area contributed by atoms with Gasteiger partial charge in [0.15, 0.2) is 0 Å². The van der Waals surface area contributed by atoms with Crippen LogP contribution in [0.3, 0.4) is 0 Å². The molecule has 0 saturated heterocycles. The highest BCUT2D eigenvalue weighted by molar-refractivity contribution is 5.96. The number of anilines is 1. The van der Waals surface area contributed by atoms with Gasteiger partial charge < -0.3 is 15.6 Å². The summed E-state index contributed by atoms with van der Waals surface area (Å²) in [5.74, 6) is -4.09. The molecule has 33 heavy (non-hydrogen) atoms. The summed E-state index contributed by atoms with van der Waals surface area (Å²) in [4.78, 5) is 31.3. The van der Waals surface area contributed by atoms with Crippen LogP contribution in [0.2, 0.25) is 0 Å². The van der Waals surface area contributed by atoms with Crippen molar-refractivity contribution < 1.29 is 27.2 Å². The van der Waals surface area contributed by atoms with Gasteiger partial charge in [-0.1, -0.05) is 0 Å². The van der Waals surface area contributed by atoms with Crippen LogP contribution < -0.4 is 10.6 Å². The first-order chi connectivity index (χ1) is 15.8. The van der Waals surface area contributed by atoms with Crippen molar-refractivity contribution in [1.29, 1.82) is 0 Å². The highest BCUT2D eigenvalue weighted by Crippen LogP contribution is 2.25. The molecule has 3 N–H and O–H groups in total. The molecule has 0 spiro atoms. The summed E-state index contributed by atoms with van der Waals surface area (Å²) in [6.07, 6.45) is -0.102. The average molecular weight is 456 g/mol. The summed E-state index contributed by atoms with van der Waals surface area (Å²) in [6, 6.07) is 10.4. The summed E-state index contributed by atoms with van der Waals surface area (Å²) in [5, 5.41) is 5.03. The smallest absolute Gasteiger partial charge is 0.254 e. The van der Waals surface area contributed by atoms with Crippen LogP contribution in [0.4, 0.5) is 23.2 Å². The molecule has 10 heteroatoms. The molecule has 2 amide bonds. The Morgan fingerprint density at radius 3 is 2.42 bits per heavy atom. The van der Waals surface area contributed by atoms with E-state index in [4.69, 9.17) is 0 Å². The minimum atomic E-state index is -0.998. The van der Waals surface area contributed by atoms with Crippen LogP contribution in [0.1, 0.15) is 16.8 Å². The maximum Gasteiger partial charge on any atom is 0.254 e. The lowest BCUT2D eigenvalue weighted by molar-refractivity contribution is -0.116. The number of aromatic amines is 1. The fourth-order valence-electron chi connectivity index (χ4n) is 3.18. The molecular weight excluding hydrogens is 440 g/mol. The summed E-state index contributed by atoms with van der Waals surface area (Å²) in [7, 11) is 0. The molecule has 1 heterocycles. The predicted molar refractivity (Wildman–Crippen MR) is 113 cm³/mol.